The first-order valence-corrected chi connectivity index (χ1v) is 19.7. The minimum Gasteiger partial charge on any atom is -0.756 e. The van der Waals surface area contributed by atoms with Gasteiger partial charge in [-0.15, -0.1) is 0 Å². The van der Waals surface area contributed by atoms with Crippen LogP contribution in [0.3, 0.4) is 0 Å². The monoisotopic (exact) mass is 659 g/mol. The van der Waals surface area contributed by atoms with E-state index in [-0.39, 0.29) is 12.5 Å². The van der Waals surface area contributed by atoms with Crippen LogP contribution in [0.25, 0.3) is 0 Å². The standard InChI is InChI=1S/C36H71N2O6P/c1-6-8-10-11-12-13-14-15-16-17-18-19-20-21-22-23-24-25-26-28-29-35(39)34(37-36(40)30-27-9-7-2)33-44-45(41,42)43-32-31-38(3,4)5/h23-24,28-29,34-35,39H,6-22,25-27,30-33H2,1-5H3,(H-,37,40,41,42)/b24-23+,29-28+. The van der Waals surface area contributed by atoms with Crippen LogP contribution in [0.1, 0.15) is 149 Å². The maximum atomic E-state index is 12.4. The Bertz CT molecular complexity index is 799. The van der Waals surface area contributed by atoms with Gasteiger partial charge in [-0.3, -0.25) is 9.36 Å². The van der Waals surface area contributed by atoms with Crippen LogP contribution in [-0.4, -0.2) is 68.5 Å². The predicted octanol–water partition coefficient (Wildman–Crippen LogP) is 8.38. The van der Waals surface area contributed by atoms with Gasteiger partial charge in [0.25, 0.3) is 7.82 Å². The number of carbonyl (C=O) groups excluding carboxylic acids is 1. The molecule has 0 aliphatic rings. The number of carbonyl (C=O) groups is 1. The van der Waals surface area contributed by atoms with Crippen molar-refractivity contribution < 1.29 is 32.9 Å². The van der Waals surface area contributed by atoms with Crippen molar-refractivity contribution in [3.05, 3.63) is 24.3 Å². The van der Waals surface area contributed by atoms with Crippen molar-refractivity contribution in [2.75, 3.05) is 40.9 Å². The highest BCUT2D eigenvalue weighted by Gasteiger charge is 2.23. The Morgan fingerprint density at radius 2 is 1.24 bits per heavy atom. The second-order valence-corrected chi connectivity index (χ2v) is 15.0. The Hall–Kier alpha value is -1.02. The Kier molecular flexibility index (Phi) is 28.5. The van der Waals surface area contributed by atoms with Gasteiger partial charge in [0.2, 0.25) is 5.91 Å². The van der Waals surface area contributed by atoms with E-state index in [4.69, 9.17) is 9.05 Å². The zero-order chi connectivity index (χ0) is 33.7. The van der Waals surface area contributed by atoms with Gasteiger partial charge in [0, 0.05) is 6.42 Å². The Labute approximate surface area is 277 Å². The molecule has 0 saturated carbocycles. The van der Waals surface area contributed by atoms with E-state index in [0.717, 1.165) is 38.5 Å². The van der Waals surface area contributed by atoms with Crippen LogP contribution in [0, 0.1) is 0 Å². The number of quaternary nitrogens is 1. The van der Waals surface area contributed by atoms with Crippen molar-refractivity contribution in [2.24, 2.45) is 0 Å². The molecule has 8 nitrogen and oxygen atoms in total. The molecule has 0 fully saturated rings. The zero-order valence-electron chi connectivity index (χ0n) is 29.8. The van der Waals surface area contributed by atoms with E-state index in [9.17, 15) is 19.4 Å². The van der Waals surface area contributed by atoms with Crippen molar-refractivity contribution in [2.45, 2.75) is 161 Å². The molecular weight excluding hydrogens is 587 g/mol. The number of allylic oxidation sites excluding steroid dienone is 3. The summed E-state index contributed by atoms with van der Waals surface area (Å²) in [5.41, 5.74) is 0. The topological polar surface area (TPSA) is 108 Å². The fourth-order valence-electron chi connectivity index (χ4n) is 4.93. The number of unbranched alkanes of at least 4 members (excludes halogenated alkanes) is 17. The predicted molar refractivity (Wildman–Crippen MR) is 187 cm³/mol. The molecule has 0 rings (SSSR count). The normalized spacial score (nSPS) is 15.1. The third-order valence-corrected chi connectivity index (χ3v) is 8.88. The lowest BCUT2D eigenvalue weighted by atomic mass is 10.0. The lowest BCUT2D eigenvalue weighted by Crippen LogP contribution is -2.45. The maximum absolute atomic E-state index is 12.4. The molecule has 1 amide bonds. The van der Waals surface area contributed by atoms with Crippen molar-refractivity contribution >= 4 is 13.7 Å². The largest absolute Gasteiger partial charge is 0.756 e. The van der Waals surface area contributed by atoms with E-state index >= 15 is 0 Å². The zero-order valence-corrected chi connectivity index (χ0v) is 30.7. The summed E-state index contributed by atoms with van der Waals surface area (Å²) >= 11 is 0. The quantitative estimate of drug-likeness (QED) is 0.0325. The van der Waals surface area contributed by atoms with Crippen LogP contribution >= 0.6 is 7.82 Å². The Balaban J connectivity index is 4.25. The minimum absolute atomic E-state index is 0.00625. The summed E-state index contributed by atoms with van der Waals surface area (Å²) in [6.45, 7) is 4.42. The fraction of sp³-hybridized carbons (Fsp3) is 0.861. The third-order valence-electron chi connectivity index (χ3n) is 7.91. The molecule has 3 atom stereocenters. The van der Waals surface area contributed by atoms with Gasteiger partial charge in [-0.1, -0.05) is 134 Å². The van der Waals surface area contributed by atoms with Crippen LogP contribution in [0.5, 0.6) is 0 Å². The van der Waals surface area contributed by atoms with Crippen LogP contribution in [0.4, 0.5) is 0 Å². The summed E-state index contributed by atoms with van der Waals surface area (Å²) in [5, 5.41) is 13.5. The van der Waals surface area contributed by atoms with E-state index in [1.165, 1.54) is 89.9 Å². The number of phosphoric ester groups is 1. The molecule has 0 aromatic carbocycles. The van der Waals surface area contributed by atoms with E-state index in [0.29, 0.717) is 17.4 Å². The smallest absolute Gasteiger partial charge is 0.268 e. The number of amides is 1. The molecule has 2 N–H and O–H groups in total. The molecule has 0 aromatic rings. The molecule has 0 saturated heterocycles. The molecule has 45 heavy (non-hydrogen) atoms. The molecule has 3 unspecified atom stereocenters. The molecule has 266 valence electrons. The maximum Gasteiger partial charge on any atom is 0.268 e. The summed E-state index contributed by atoms with van der Waals surface area (Å²) in [7, 11) is 1.24. The van der Waals surface area contributed by atoms with Gasteiger partial charge in [-0.25, -0.2) is 0 Å². The van der Waals surface area contributed by atoms with E-state index in [1.54, 1.807) is 6.08 Å². The molecule has 0 aliphatic heterocycles. The number of nitrogens with zero attached hydrogens (tertiary/aromatic N) is 1. The molecule has 0 heterocycles. The number of rotatable bonds is 32. The van der Waals surface area contributed by atoms with Gasteiger partial charge >= 0.3 is 0 Å². The lowest BCUT2D eigenvalue weighted by molar-refractivity contribution is -0.870. The number of aliphatic hydroxyl groups is 1. The Morgan fingerprint density at radius 3 is 1.80 bits per heavy atom. The highest BCUT2D eigenvalue weighted by Crippen LogP contribution is 2.38. The van der Waals surface area contributed by atoms with Gasteiger partial charge in [0.15, 0.2) is 0 Å². The first-order chi connectivity index (χ1) is 21.5. The molecule has 0 bridgehead atoms. The number of phosphoric acid groups is 1. The van der Waals surface area contributed by atoms with Gasteiger partial charge < -0.3 is 28.8 Å². The second kappa shape index (κ2) is 29.1. The van der Waals surface area contributed by atoms with Gasteiger partial charge in [-0.05, 0) is 32.1 Å². The van der Waals surface area contributed by atoms with Crippen LogP contribution in [0.2, 0.25) is 0 Å². The van der Waals surface area contributed by atoms with Crippen LogP contribution in [0.15, 0.2) is 24.3 Å². The molecular formula is C36H71N2O6P. The molecule has 0 aliphatic carbocycles. The summed E-state index contributed by atoms with van der Waals surface area (Å²) < 4.78 is 22.8. The number of aliphatic hydroxyl groups excluding tert-OH is 1. The van der Waals surface area contributed by atoms with Crippen molar-refractivity contribution in [3.8, 4) is 0 Å². The first-order valence-electron chi connectivity index (χ1n) is 18.2. The summed E-state index contributed by atoms with van der Waals surface area (Å²) in [6.07, 6.45) is 31.7. The second-order valence-electron chi connectivity index (χ2n) is 13.6. The number of likely N-dealkylation sites (N-methyl/N-ethyl adjacent to an activating group) is 1. The third kappa shape index (κ3) is 31.4. The van der Waals surface area contributed by atoms with Gasteiger partial charge in [-0.2, -0.15) is 0 Å². The number of hydrogen-bond acceptors (Lipinski definition) is 6. The summed E-state index contributed by atoms with van der Waals surface area (Å²) in [6, 6.07) is -0.893. The SMILES string of the molecule is CCCCCCCCCCCCCCCC/C=C/CC/C=C/C(O)C(COP(=O)([O-])OCC[N+](C)(C)C)NC(=O)CCCCC. The molecule has 0 aromatic heterocycles. The highest BCUT2D eigenvalue weighted by molar-refractivity contribution is 7.45. The number of nitrogens with one attached hydrogen (secondary N) is 1. The summed E-state index contributed by atoms with van der Waals surface area (Å²) in [5.74, 6) is -0.234. The lowest BCUT2D eigenvalue weighted by Gasteiger charge is -2.29. The number of hydrogen-bond donors (Lipinski definition) is 2. The van der Waals surface area contributed by atoms with Gasteiger partial charge in [0.1, 0.15) is 13.2 Å². The van der Waals surface area contributed by atoms with Crippen molar-refractivity contribution in [3.63, 3.8) is 0 Å². The van der Waals surface area contributed by atoms with Crippen LogP contribution < -0.4 is 10.2 Å². The average molecular weight is 659 g/mol. The van der Waals surface area contributed by atoms with Crippen LogP contribution in [-0.2, 0) is 18.4 Å². The summed E-state index contributed by atoms with van der Waals surface area (Å²) in [4.78, 5) is 24.7. The Morgan fingerprint density at radius 1 is 0.756 bits per heavy atom. The van der Waals surface area contributed by atoms with Crippen molar-refractivity contribution in [1.82, 2.24) is 5.32 Å². The van der Waals surface area contributed by atoms with Gasteiger partial charge in [0.05, 0.1) is 39.9 Å². The fourth-order valence-corrected chi connectivity index (χ4v) is 5.65. The van der Waals surface area contributed by atoms with E-state index < -0.39 is 26.6 Å². The molecule has 0 spiro atoms. The highest BCUT2D eigenvalue weighted by atomic mass is 31.2. The first kappa shape index (κ1) is 44.0. The average Bonchev–Trinajstić information content (AvgIpc) is 2.97. The molecule has 0 radical (unpaired) electrons. The van der Waals surface area contributed by atoms with E-state index in [2.05, 4.69) is 31.3 Å². The minimum atomic E-state index is -4.57. The van der Waals surface area contributed by atoms with Crippen molar-refractivity contribution in [1.29, 1.82) is 0 Å². The van der Waals surface area contributed by atoms with E-state index in [1.807, 2.05) is 27.2 Å². The molecule has 9 heteroatoms.